The van der Waals surface area contributed by atoms with E-state index in [4.69, 9.17) is 5.26 Å². The van der Waals surface area contributed by atoms with Crippen LogP contribution in [0.5, 0.6) is 0 Å². The quantitative estimate of drug-likeness (QED) is 0.734. The number of anilines is 1. The van der Waals surface area contributed by atoms with Gasteiger partial charge in [-0.15, -0.1) is 0 Å². The Morgan fingerprint density at radius 3 is 2.42 bits per heavy atom. The molecule has 0 saturated carbocycles. The smallest absolute Gasteiger partial charge is 0.370 e. The van der Waals surface area contributed by atoms with Crippen molar-refractivity contribution in [2.45, 2.75) is 19.0 Å². The minimum atomic E-state index is -4.40. The lowest BCUT2D eigenvalue weighted by molar-refractivity contribution is -0.141. The van der Waals surface area contributed by atoms with Crippen LogP contribution in [-0.2, 0) is 6.18 Å². The van der Waals surface area contributed by atoms with Gasteiger partial charge in [0.05, 0.1) is 18.0 Å². The summed E-state index contributed by atoms with van der Waals surface area (Å²) in [6, 6.07) is 4.43. The van der Waals surface area contributed by atoms with Crippen LogP contribution in [0, 0.1) is 11.3 Å². The van der Waals surface area contributed by atoms with Crippen molar-refractivity contribution in [2.24, 2.45) is 0 Å². The van der Waals surface area contributed by atoms with Crippen LogP contribution in [0.4, 0.5) is 18.9 Å². The number of rotatable bonds is 1. The van der Waals surface area contributed by atoms with Gasteiger partial charge in [0.15, 0.2) is 0 Å². The zero-order valence-corrected chi connectivity index (χ0v) is 10.1. The molecule has 19 heavy (non-hydrogen) atoms. The maximum Gasteiger partial charge on any atom is 0.433 e. The fourth-order valence-corrected chi connectivity index (χ4v) is 2.03. The first-order chi connectivity index (χ1) is 9.00. The number of alkyl halides is 3. The van der Waals surface area contributed by atoms with Crippen LogP contribution >= 0.6 is 0 Å². The molecule has 0 aliphatic carbocycles. The molecule has 2 heterocycles. The number of aromatic nitrogens is 1. The first kappa shape index (κ1) is 13.4. The molecule has 0 radical (unpaired) electrons. The van der Waals surface area contributed by atoms with Crippen molar-refractivity contribution >= 4 is 5.69 Å². The number of nitriles is 1. The van der Waals surface area contributed by atoms with Crippen LogP contribution < -0.4 is 4.90 Å². The second-order valence-electron chi connectivity index (χ2n) is 4.32. The van der Waals surface area contributed by atoms with Crippen LogP contribution in [0.25, 0.3) is 0 Å². The molecule has 1 aromatic rings. The van der Waals surface area contributed by atoms with E-state index in [0.29, 0.717) is 18.8 Å². The van der Waals surface area contributed by atoms with Crippen molar-refractivity contribution in [1.82, 2.24) is 4.98 Å². The molecule has 0 unspecified atom stereocenters. The van der Waals surface area contributed by atoms with Crippen molar-refractivity contribution in [3.8, 4) is 6.07 Å². The highest BCUT2D eigenvalue weighted by molar-refractivity contribution is 5.46. The van der Waals surface area contributed by atoms with Gasteiger partial charge in [-0.05, 0) is 25.0 Å². The van der Waals surface area contributed by atoms with Crippen LogP contribution in [0.1, 0.15) is 18.5 Å². The lowest BCUT2D eigenvalue weighted by Gasteiger charge is -2.29. The molecular weight excluding hydrogens is 255 g/mol. The third-order valence-electron chi connectivity index (χ3n) is 3.08. The predicted octanol–water partition coefficient (Wildman–Crippen LogP) is 3.15. The summed E-state index contributed by atoms with van der Waals surface area (Å²) in [5.41, 5.74) is 0.890. The molecule has 0 N–H and O–H groups in total. The summed E-state index contributed by atoms with van der Waals surface area (Å²) in [4.78, 5) is 5.42. The summed E-state index contributed by atoms with van der Waals surface area (Å²) < 4.78 is 37.2. The maximum atomic E-state index is 12.4. The first-order valence-electron chi connectivity index (χ1n) is 5.86. The number of piperidine rings is 1. The van der Waals surface area contributed by atoms with Crippen LogP contribution in [-0.4, -0.2) is 18.1 Å². The van der Waals surface area contributed by atoms with Crippen molar-refractivity contribution < 1.29 is 13.2 Å². The number of nitrogens with zero attached hydrogens (tertiary/aromatic N) is 3. The minimum absolute atomic E-state index is 0.684. The van der Waals surface area contributed by atoms with Gasteiger partial charge in [-0.1, -0.05) is 5.57 Å². The molecule has 1 aliphatic heterocycles. The minimum Gasteiger partial charge on any atom is -0.370 e. The number of pyridine rings is 1. The van der Waals surface area contributed by atoms with E-state index in [1.165, 1.54) is 12.3 Å². The molecule has 100 valence electrons. The average molecular weight is 267 g/mol. The largest absolute Gasteiger partial charge is 0.433 e. The predicted molar refractivity (Wildman–Crippen MR) is 64.4 cm³/mol. The monoisotopic (exact) mass is 267 g/mol. The lowest BCUT2D eigenvalue weighted by atomic mass is 10.0. The van der Waals surface area contributed by atoms with Gasteiger partial charge in [-0.2, -0.15) is 18.4 Å². The summed E-state index contributed by atoms with van der Waals surface area (Å²) in [5.74, 6) is 0. The summed E-state index contributed by atoms with van der Waals surface area (Å²) in [5, 5.41) is 8.55. The van der Waals surface area contributed by atoms with Gasteiger partial charge < -0.3 is 4.90 Å². The van der Waals surface area contributed by atoms with Gasteiger partial charge in [0.25, 0.3) is 0 Å². The van der Waals surface area contributed by atoms with Gasteiger partial charge in [0, 0.05) is 19.2 Å². The standard InChI is InChI=1S/C13H12F3N3/c14-13(15,16)12-2-1-11(9-18-12)19-7-4-10(3-6-17)5-8-19/h1-3,9H,4-5,7-8H2. The fourth-order valence-electron chi connectivity index (χ4n) is 2.03. The van der Waals surface area contributed by atoms with Crippen LogP contribution in [0.2, 0.25) is 0 Å². The molecule has 1 aromatic heterocycles. The van der Waals surface area contributed by atoms with Crippen molar-refractivity contribution in [1.29, 1.82) is 5.26 Å². The zero-order valence-electron chi connectivity index (χ0n) is 10.1. The highest BCUT2D eigenvalue weighted by atomic mass is 19.4. The van der Waals surface area contributed by atoms with Gasteiger partial charge in [0.2, 0.25) is 0 Å². The molecule has 1 aliphatic rings. The van der Waals surface area contributed by atoms with Crippen molar-refractivity contribution in [3.63, 3.8) is 0 Å². The van der Waals surface area contributed by atoms with Crippen molar-refractivity contribution in [3.05, 3.63) is 35.7 Å². The topological polar surface area (TPSA) is 39.9 Å². The van der Waals surface area contributed by atoms with Gasteiger partial charge in [-0.25, -0.2) is 4.98 Å². The fraction of sp³-hybridized carbons (Fsp3) is 0.385. The third-order valence-corrected chi connectivity index (χ3v) is 3.08. The molecule has 6 heteroatoms. The highest BCUT2D eigenvalue weighted by Crippen LogP contribution is 2.29. The number of hydrogen-bond donors (Lipinski definition) is 0. The normalized spacial score (nSPS) is 16.1. The van der Waals surface area contributed by atoms with E-state index in [1.54, 1.807) is 6.08 Å². The van der Waals surface area contributed by atoms with E-state index in [2.05, 4.69) is 4.98 Å². The Morgan fingerprint density at radius 1 is 1.26 bits per heavy atom. The van der Waals surface area contributed by atoms with E-state index in [0.717, 1.165) is 24.5 Å². The zero-order chi connectivity index (χ0) is 13.9. The van der Waals surface area contributed by atoms with E-state index in [-0.39, 0.29) is 0 Å². The Labute approximate surface area is 109 Å². The van der Waals surface area contributed by atoms with E-state index in [9.17, 15) is 13.2 Å². The van der Waals surface area contributed by atoms with E-state index >= 15 is 0 Å². The second kappa shape index (κ2) is 5.31. The van der Waals surface area contributed by atoms with Crippen molar-refractivity contribution in [2.75, 3.05) is 18.0 Å². The second-order valence-corrected chi connectivity index (χ2v) is 4.32. The molecular formula is C13H12F3N3. The van der Waals surface area contributed by atoms with E-state index in [1.807, 2.05) is 11.0 Å². The Hall–Kier alpha value is -2.03. The van der Waals surface area contributed by atoms with Gasteiger partial charge in [-0.3, -0.25) is 0 Å². The van der Waals surface area contributed by atoms with Crippen LogP contribution in [0.15, 0.2) is 30.0 Å². The maximum absolute atomic E-state index is 12.4. The van der Waals surface area contributed by atoms with Crippen LogP contribution in [0.3, 0.4) is 0 Å². The Kier molecular flexibility index (Phi) is 3.74. The Bertz CT molecular complexity index is 501. The Morgan fingerprint density at radius 2 is 1.95 bits per heavy atom. The Balaban J connectivity index is 2.05. The first-order valence-corrected chi connectivity index (χ1v) is 5.86. The van der Waals surface area contributed by atoms with Gasteiger partial charge in [0.1, 0.15) is 5.69 Å². The number of halogens is 3. The van der Waals surface area contributed by atoms with Gasteiger partial charge >= 0.3 is 6.18 Å². The molecule has 1 saturated heterocycles. The number of allylic oxidation sites excluding steroid dienone is 1. The molecule has 3 nitrogen and oxygen atoms in total. The molecule has 0 amide bonds. The third kappa shape index (κ3) is 3.25. The molecule has 0 atom stereocenters. The number of hydrogen-bond acceptors (Lipinski definition) is 3. The molecule has 2 rings (SSSR count). The summed E-state index contributed by atoms with van der Waals surface area (Å²) in [6.07, 6.45) is -0.0868. The van der Waals surface area contributed by atoms with E-state index < -0.39 is 11.9 Å². The molecule has 0 bridgehead atoms. The molecule has 0 spiro atoms. The molecule has 0 aromatic carbocycles. The lowest BCUT2D eigenvalue weighted by Crippen LogP contribution is -2.30. The average Bonchev–Trinajstić information content (AvgIpc) is 2.39. The highest BCUT2D eigenvalue weighted by Gasteiger charge is 2.32. The molecule has 1 fully saturated rings. The summed E-state index contributed by atoms with van der Waals surface area (Å²) in [7, 11) is 0. The summed E-state index contributed by atoms with van der Waals surface area (Å²) >= 11 is 0. The SMILES string of the molecule is N#CC=C1CCN(c2ccc(C(F)(F)F)nc2)CC1. The summed E-state index contributed by atoms with van der Waals surface area (Å²) in [6.45, 7) is 1.39.